The molecule has 40 heavy (non-hydrogen) atoms. The molecule has 3 aromatic carbocycles. The smallest absolute Gasteiger partial charge is 0.255 e. The average molecular weight is 541 g/mol. The second-order valence-corrected chi connectivity index (χ2v) is 9.48. The lowest BCUT2D eigenvalue weighted by molar-refractivity contribution is -0.113. The van der Waals surface area contributed by atoms with Gasteiger partial charge in [-0.25, -0.2) is 4.68 Å². The van der Waals surface area contributed by atoms with E-state index < -0.39 is 6.04 Å². The van der Waals surface area contributed by atoms with Gasteiger partial charge in [0, 0.05) is 48.4 Å². The number of hydrogen-bond acceptors (Lipinski definition) is 8. The van der Waals surface area contributed by atoms with E-state index in [1.807, 2.05) is 86.6 Å². The SMILES string of the molecule is COc1cc(OC)c(C2C(C(=O)Nc3ccccc3)=C(C)Nc3nc(-c4ccc(N(C)C)cc4)nn32)cc1OC. The Hall–Kier alpha value is -4.99. The van der Waals surface area contributed by atoms with Crippen LogP contribution in [0.1, 0.15) is 18.5 Å². The van der Waals surface area contributed by atoms with Crippen LogP contribution in [0, 0.1) is 0 Å². The van der Waals surface area contributed by atoms with Crippen LogP contribution in [0.15, 0.2) is 78.0 Å². The highest BCUT2D eigenvalue weighted by Gasteiger charge is 2.37. The van der Waals surface area contributed by atoms with Gasteiger partial charge in [0.25, 0.3) is 5.91 Å². The van der Waals surface area contributed by atoms with Gasteiger partial charge in [-0.1, -0.05) is 18.2 Å². The van der Waals surface area contributed by atoms with Gasteiger partial charge < -0.3 is 29.7 Å². The summed E-state index contributed by atoms with van der Waals surface area (Å²) in [6.45, 7) is 1.85. The molecule has 5 rings (SSSR count). The lowest BCUT2D eigenvalue weighted by atomic mass is 9.93. The third-order valence-electron chi connectivity index (χ3n) is 6.80. The Kier molecular flexibility index (Phi) is 7.33. The van der Waals surface area contributed by atoms with Crippen molar-refractivity contribution in [1.29, 1.82) is 0 Å². The number of ether oxygens (including phenoxy) is 3. The quantitative estimate of drug-likeness (QED) is 0.323. The lowest BCUT2D eigenvalue weighted by Gasteiger charge is -2.30. The van der Waals surface area contributed by atoms with Crippen LogP contribution < -0.4 is 29.7 Å². The molecule has 1 amide bonds. The van der Waals surface area contributed by atoms with Crippen molar-refractivity contribution >= 4 is 23.2 Å². The summed E-state index contributed by atoms with van der Waals surface area (Å²) in [6, 6.07) is 20.2. The number of hydrogen-bond donors (Lipinski definition) is 2. The highest BCUT2D eigenvalue weighted by atomic mass is 16.5. The fraction of sp³-hybridized carbons (Fsp3) is 0.233. The number of aromatic nitrogens is 3. The summed E-state index contributed by atoms with van der Waals surface area (Å²) in [5, 5.41) is 11.2. The van der Waals surface area contributed by atoms with E-state index in [-0.39, 0.29) is 5.91 Å². The molecule has 0 aliphatic carbocycles. The molecule has 0 bridgehead atoms. The van der Waals surface area contributed by atoms with Crippen molar-refractivity contribution in [3.05, 3.63) is 83.6 Å². The summed E-state index contributed by atoms with van der Waals surface area (Å²) in [4.78, 5) is 20.7. The molecule has 0 radical (unpaired) electrons. The Bertz CT molecular complexity index is 1560. The van der Waals surface area contributed by atoms with Crippen molar-refractivity contribution in [2.24, 2.45) is 0 Å². The number of amides is 1. The molecule has 206 valence electrons. The van der Waals surface area contributed by atoms with Gasteiger partial charge in [-0.15, -0.1) is 5.10 Å². The number of fused-ring (bicyclic) bond motifs is 1. The van der Waals surface area contributed by atoms with E-state index in [0.717, 1.165) is 11.3 Å². The number of allylic oxidation sites excluding steroid dienone is 1. The summed E-state index contributed by atoms with van der Waals surface area (Å²) in [5.74, 6) is 2.26. The van der Waals surface area contributed by atoms with Gasteiger partial charge in [0.05, 0.1) is 26.9 Å². The zero-order chi connectivity index (χ0) is 28.4. The van der Waals surface area contributed by atoms with Crippen LogP contribution in [0.5, 0.6) is 17.2 Å². The number of carbonyl (C=O) groups is 1. The molecule has 2 N–H and O–H groups in total. The van der Waals surface area contributed by atoms with Gasteiger partial charge in [0.2, 0.25) is 5.95 Å². The molecule has 2 heterocycles. The minimum Gasteiger partial charge on any atom is -0.496 e. The highest BCUT2D eigenvalue weighted by molar-refractivity contribution is 6.06. The molecule has 1 aliphatic rings. The number of rotatable bonds is 8. The number of benzene rings is 3. The van der Waals surface area contributed by atoms with Gasteiger partial charge >= 0.3 is 0 Å². The zero-order valence-corrected chi connectivity index (χ0v) is 23.4. The third-order valence-corrected chi connectivity index (χ3v) is 6.80. The van der Waals surface area contributed by atoms with Crippen molar-refractivity contribution in [3.63, 3.8) is 0 Å². The molecule has 0 saturated heterocycles. The van der Waals surface area contributed by atoms with E-state index >= 15 is 0 Å². The lowest BCUT2D eigenvalue weighted by Crippen LogP contribution is -2.31. The summed E-state index contributed by atoms with van der Waals surface area (Å²) >= 11 is 0. The second-order valence-electron chi connectivity index (χ2n) is 9.48. The first kappa shape index (κ1) is 26.6. The van der Waals surface area contributed by atoms with E-state index in [1.165, 1.54) is 0 Å². The summed E-state index contributed by atoms with van der Waals surface area (Å²) in [5.41, 5.74) is 4.36. The summed E-state index contributed by atoms with van der Waals surface area (Å²) < 4.78 is 18.6. The molecule has 4 aromatic rings. The van der Waals surface area contributed by atoms with Gasteiger partial charge in [-0.2, -0.15) is 4.98 Å². The van der Waals surface area contributed by atoms with Crippen molar-refractivity contribution in [2.75, 3.05) is 51.0 Å². The Morgan fingerprint density at radius 3 is 2.20 bits per heavy atom. The molecule has 0 spiro atoms. The standard InChI is InChI=1S/C30H32N6O4/c1-18-26(29(37)32-20-10-8-7-9-11-20)27(22-16-24(39-5)25(40-6)17-23(22)38-4)36-30(31-18)33-28(34-36)19-12-14-21(15-13-19)35(2)3/h7-17,27H,1-6H3,(H,32,37)(H,31,33,34). The predicted molar refractivity (Wildman–Crippen MR) is 155 cm³/mol. The molecule has 10 nitrogen and oxygen atoms in total. The van der Waals surface area contributed by atoms with Crippen LogP contribution in [0.2, 0.25) is 0 Å². The Labute approximate surface area is 233 Å². The number of nitrogens with zero attached hydrogens (tertiary/aromatic N) is 4. The first-order valence-electron chi connectivity index (χ1n) is 12.7. The van der Waals surface area contributed by atoms with Crippen molar-refractivity contribution < 1.29 is 19.0 Å². The normalized spacial score (nSPS) is 14.2. The monoisotopic (exact) mass is 540 g/mol. The molecular weight excluding hydrogens is 508 g/mol. The van der Waals surface area contributed by atoms with Crippen LogP contribution >= 0.6 is 0 Å². The van der Waals surface area contributed by atoms with Crippen molar-refractivity contribution in [2.45, 2.75) is 13.0 Å². The molecule has 10 heteroatoms. The Balaban J connectivity index is 1.67. The van der Waals surface area contributed by atoms with Gasteiger partial charge in [0.1, 0.15) is 11.8 Å². The molecule has 0 saturated carbocycles. The van der Waals surface area contributed by atoms with E-state index in [2.05, 4.69) is 10.6 Å². The highest BCUT2D eigenvalue weighted by Crippen LogP contribution is 2.44. The van der Waals surface area contributed by atoms with Crippen molar-refractivity contribution in [3.8, 4) is 28.6 Å². The zero-order valence-electron chi connectivity index (χ0n) is 23.4. The fourth-order valence-electron chi connectivity index (χ4n) is 4.75. The van der Waals surface area contributed by atoms with Crippen LogP contribution in [-0.4, -0.2) is 56.1 Å². The average Bonchev–Trinajstić information content (AvgIpc) is 3.39. The number of anilines is 3. The first-order chi connectivity index (χ1) is 19.3. The van der Waals surface area contributed by atoms with E-state index in [1.54, 1.807) is 32.1 Å². The maximum absolute atomic E-state index is 13.9. The van der Waals surface area contributed by atoms with Crippen LogP contribution in [0.25, 0.3) is 11.4 Å². The molecule has 1 aliphatic heterocycles. The van der Waals surface area contributed by atoms with E-state index in [0.29, 0.717) is 51.5 Å². The van der Waals surface area contributed by atoms with Crippen LogP contribution in [-0.2, 0) is 4.79 Å². The van der Waals surface area contributed by atoms with Gasteiger partial charge in [0.15, 0.2) is 17.3 Å². The Morgan fingerprint density at radius 2 is 1.57 bits per heavy atom. The Morgan fingerprint density at radius 1 is 0.925 bits per heavy atom. The summed E-state index contributed by atoms with van der Waals surface area (Å²) in [7, 11) is 8.69. The largest absolute Gasteiger partial charge is 0.496 e. The molecule has 1 aromatic heterocycles. The first-order valence-corrected chi connectivity index (χ1v) is 12.7. The predicted octanol–water partition coefficient (Wildman–Crippen LogP) is 4.96. The van der Waals surface area contributed by atoms with Crippen LogP contribution in [0.3, 0.4) is 0 Å². The maximum Gasteiger partial charge on any atom is 0.255 e. The van der Waals surface area contributed by atoms with E-state index in [9.17, 15) is 4.79 Å². The number of para-hydroxylation sites is 1. The van der Waals surface area contributed by atoms with Crippen LogP contribution in [0.4, 0.5) is 17.3 Å². The maximum atomic E-state index is 13.9. The number of nitrogens with one attached hydrogen (secondary N) is 2. The minimum absolute atomic E-state index is 0.281. The van der Waals surface area contributed by atoms with Gasteiger partial charge in [-0.3, -0.25) is 4.79 Å². The third kappa shape index (κ3) is 4.91. The number of carbonyl (C=O) groups excluding carboxylic acids is 1. The summed E-state index contributed by atoms with van der Waals surface area (Å²) in [6.07, 6.45) is 0. The fourth-order valence-corrected chi connectivity index (χ4v) is 4.75. The molecule has 0 fully saturated rings. The molecule has 1 unspecified atom stereocenters. The molecular formula is C30H32N6O4. The minimum atomic E-state index is -0.683. The topological polar surface area (TPSA) is 103 Å². The number of methoxy groups -OCH3 is 3. The van der Waals surface area contributed by atoms with E-state index in [4.69, 9.17) is 24.3 Å². The molecule has 1 atom stereocenters. The second kappa shape index (κ2) is 11.0. The van der Waals surface area contributed by atoms with Gasteiger partial charge in [-0.05, 0) is 49.4 Å². The van der Waals surface area contributed by atoms with Crippen molar-refractivity contribution in [1.82, 2.24) is 14.8 Å².